The van der Waals surface area contributed by atoms with Crippen LogP contribution >= 0.6 is 46.0 Å². The summed E-state index contributed by atoms with van der Waals surface area (Å²) in [6.45, 7) is 15.1. The smallest absolute Gasteiger partial charge is 0.231 e. The summed E-state index contributed by atoms with van der Waals surface area (Å²) >= 11 is 10.9. The van der Waals surface area contributed by atoms with E-state index in [-0.39, 0.29) is 34.2 Å². The summed E-state index contributed by atoms with van der Waals surface area (Å²) in [7, 11) is 2.35. The van der Waals surface area contributed by atoms with Crippen molar-refractivity contribution >= 4 is 54.8 Å². The third kappa shape index (κ3) is 6.77. The van der Waals surface area contributed by atoms with Gasteiger partial charge < -0.3 is 56.8 Å². The van der Waals surface area contributed by atoms with Crippen LogP contribution in [0.25, 0.3) is 0 Å². The highest BCUT2D eigenvalue weighted by atomic mass is 33.1. The fraction of sp³-hybridized carbons (Fsp3) is 0.923. The maximum Gasteiger partial charge on any atom is 0.231 e. The number of fused-ring (bicyclic) bond motifs is 6. The summed E-state index contributed by atoms with van der Waals surface area (Å²) in [6, 6.07) is 0. The van der Waals surface area contributed by atoms with Crippen molar-refractivity contribution in [2.24, 2.45) is 0 Å². The summed E-state index contributed by atoms with van der Waals surface area (Å²) in [5, 5.41) is 0. The van der Waals surface area contributed by atoms with E-state index in [0.29, 0.717) is 0 Å². The molecule has 0 aromatic heterocycles. The Morgan fingerprint density at radius 1 is 0.500 bits per heavy atom. The molecule has 6 aliphatic rings. The van der Waals surface area contributed by atoms with Crippen LogP contribution in [0.15, 0.2) is 0 Å². The van der Waals surface area contributed by atoms with Gasteiger partial charge in [-0.1, -0.05) is 0 Å². The second-order valence-corrected chi connectivity index (χ2v) is 16.0. The van der Waals surface area contributed by atoms with Gasteiger partial charge in [-0.05, 0) is 79.8 Å². The van der Waals surface area contributed by atoms with E-state index >= 15 is 0 Å². The Bertz CT molecular complexity index is 990. The fourth-order valence-corrected chi connectivity index (χ4v) is 7.89. The lowest BCUT2D eigenvalue weighted by Gasteiger charge is -2.37. The normalized spacial score (nSPS) is 43.6. The van der Waals surface area contributed by atoms with Gasteiger partial charge in [0.05, 0.1) is 0 Å². The zero-order chi connectivity index (χ0) is 30.2. The molecule has 0 aromatic carbocycles. The van der Waals surface area contributed by atoms with Gasteiger partial charge in [0.15, 0.2) is 35.7 Å². The topological polar surface area (TPSA) is 111 Å². The van der Waals surface area contributed by atoms with Crippen molar-refractivity contribution in [2.75, 3.05) is 13.2 Å². The van der Waals surface area contributed by atoms with E-state index in [9.17, 15) is 0 Å². The first kappa shape index (κ1) is 32.0. The molecule has 6 saturated heterocycles. The Morgan fingerprint density at radius 2 is 0.810 bits per heavy atom. The van der Waals surface area contributed by atoms with Crippen molar-refractivity contribution in [3.8, 4) is 0 Å². The summed E-state index contributed by atoms with van der Waals surface area (Å²) in [4.78, 5) is 0. The van der Waals surface area contributed by atoms with Crippen molar-refractivity contribution in [2.45, 2.75) is 140 Å². The molecule has 6 aliphatic heterocycles. The predicted molar refractivity (Wildman–Crippen MR) is 157 cm³/mol. The van der Waals surface area contributed by atoms with E-state index < -0.39 is 72.4 Å². The van der Waals surface area contributed by atoms with Crippen LogP contribution in [-0.4, -0.2) is 107 Å². The molecule has 0 saturated carbocycles. The van der Waals surface area contributed by atoms with Crippen LogP contribution in [0.5, 0.6) is 0 Å². The third-order valence-electron chi connectivity index (χ3n) is 7.41. The highest BCUT2D eigenvalue weighted by molar-refractivity contribution is 8.89. The van der Waals surface area contributed by atoms with Crippen LogP contribution in [0.3, 0.4) is 0 Å². The number of rotatable bonds is 4. The Balaban J connectivity index is 0.975. The quantitative estimate of drug-likeness (QED) is 0.319. The Kier molecular flexibility index (Phi) is 8.70. The summed E-state index contributed by atoms with van der Waals surface area (Å²) in [6.07, 6.45) is -4.53. The highest BCUT2D eigenvalue weighted by Crippen LogP contribution is 2.46. The van der Waals surface area contributed by atoms with Gasteiger partial charge in [-0.2, -0.15) is 0 Å². The number of ether oxygens (including phenoxy) is 12. The van der Waals surface area contributed by atoms with E-state index in [1.54, 1.807) is 0 Å². The first-order chi connectivity index (χ1) is 19.5. The highest BCUT2D eigenvalue weighted by Gasteiger charge is 2.62. The van der Waals surface area contributed by atoms with Crippen LogP contribution in [0.2, 0.25) is 0 Å². The summed E-state index contributed by atoms with van der Waals surface area (Å²) in [5.41, 5.74) is 0. The first-order valence-electron chi connectivity index (χ1n) is 13.9. The van der Waals surface area contributed by atoms with Crippen LogP contribution < -0.4 is 0 Å². The molecule has 0 aromatic rings. The Hall–Kier alpha value is 0.0800. The van der Waals surface area contributed by atoms with Gasteiger partial charge in [0.25, 0.3) is 0 Å². The minimum Gasteiger partial charge on any atom is -0.475 e. The molecule has 42 heavy (non-hydrogen) atoms. The molecule has 6 heterocycles. The van der Waals surface area contributed by atoms with Crippen molar-refractivity contribution < 1.29 is 56.8 Å². The molecule has 6 fully saturated rings. The summed E-state index contributed by atoms with van der Waals surface area (Å²) in [5.74, 6) is -3.18. The molecular weight excluding hydrogens is 633 g/mol. The number of hydrogen-bond acceptors (Lipinski definition) is 16. The second-order valence-electron chi connectivity index (χ2n) is 12.7. The minimum atomic E-state index is -0.796. The van der Waals surface area contributed by atoms with Crippen molar-refractivity contribution in [1.29, 1.82) is 0 Å². The molecule has 16 heteroatoms. The van der Waals surface area contributed by atoms with E-state index in [1.807, 2.05) is 55.4 Å². The molecule has 0 spiro atoms. The molecule has 238 valence electrons. The Morgan fingerprint density at radius 3 is 1.19 bits per heavy atom. The largest absolute Gasteiger partial charge is 0.475 e. The van der Waals surface area contributed by atoms with E-state index in [1.165, 1.54) is 21.6 Å². The maximum absolute atomic E-state index is 6.17. The number of hydrogen-bond donors (Lipinski definition) is 0. The SMILES string of the molecule is CC1(C)O[C@@H]2O[C@H](COC(=S)SSC(=S)OC[C@@H]3O[C@H]4OC(C)(C)O[C@@H]4[C@@H]4OC(C)(C)O[C@@H]43)[C@H]3OC(C)(C)O[C@@H]3[C@H]2O1. The second kappa shape index (κ2) is 11.4. The molecule has 0 radical (unpaired) electrons. The molecule has 0 unspecified atom stereocenters. The fourth-order valence-electron chi connectivity index (χ4n) is 6.07. The maximum atomic E-state index is 6.17. The van der Waals surface area contributed by atoms with Crippen LogP contribution in [0.1, 0.15) is 55.4 Å². The minimum absolute atomic E-state index is 0.140. The third-order valence-corrected chi connectivity index (χ3v) is 10.5. The molecule has 0 amide bonds. The van der Waals surface area contributed by atoms with Crippen molar-refractivity contribution in [3.05, 3.63) is 0 Å². The lowest BCUT2D eigenvalue weighted by atomic mass is 9.99. The average Bonchev–Trinajstić information content (AvgIpc) is 3.56. The molecule has 6 rings (SSSR count). The summed E-state index contributed by atoms with van der Waals surface area (Å²) < 4.78 is 73.1. The van der Waals surface area contributed by atoms with Gasteiger partial charge in [-0.15, -0.1) is 0 Å². The zero-order valence-corrected chi connectivity index (χ0v) is 28.0. The van der Waals surface area contributed by atoms with Crippen LogP contribution in [-0.2, 0) is 56.8 Å². The van der Waals surface area contributed by atoms with E-state index in [2.05, 4.69) is 0 Å². The van der Waals surface area contributed by atoms with Gasteiger partial charge >= 0.3 is 0 Å². The van der Waals surface area contributed by atoms with Crippen LogP contribution in [0, 0.1) is 0 Å². The first-order valence-corrected chi connectivity index (χ1v) is 16.9. The van der Waals surface area contributed by atoms with Crippen molar-refractivity contribution in [3.63, 3.8) is 0 Å². The molecule has 10 atom stereocenters. The monoisotopic (exact) mass is 670 g/mol. The average molecular weight is 671 g/mol. The van der Waals surface area contributed by atoms with Gasteiger partial charge in [-0.3, -0.25) is 0 Å². The molecule has 0 N–H and O–H groups in total. The molecule has 0 aliphatic carbocycles. The van der Waals surface area contributed by atoms with E-state index in [0.717, 1.165) is 0 Å². The molecule has 0 bridgehead atoms. The lowest BCUT2D eigenvalue weighted by Crippen LogP contribution is -2.56. The lowest BCUT2D eigenvalue weighted by molar-refractivity contribution is -0.239. The Labute approximate surface area is 264 Å². The van der Waals surface area contributed by atoms with Crippen molar-refractivity contribution in [1.82, 2.24) is 0 Å². The number of thiocarbonyl (C=S) groups is 2. The van der Waals surface area contributed by atoms with Gasteiger partial charge in [0.2, 0.25) is 8.77 Å². The predicted octanol–water partition coefficient (Wildman–Crippen LogP) is 3.76. The van der Waals surface area contributed by atoms with Gasteiger partial charge in [0, 0.05) is 21.6 Å². The van der Waals surface area contributed by atoms with Gasteiger partial charge in [-0.25, -0.2) is 0 Å². The van der Waals surface area contributed by atoms with Gasteiger partial charge in [0.1, 0.15) is 62.0 Å². The molecule has 12 nitrogen and oxygen atoms in total. The molecular formula is C26H38O12S4. The zero-order valence-electron chi connectivity index (χ0n) is 24.7. The van der Waals surface area contributed by atoms with Crippen LogP contribution in [0.4, 0.5) is 0 Å². The van der Waals surface area contributed by atoms with E-state index in [4.69, 9.17) is 81.3 Å². The standard InChI is InChI=1S/C26H38O12S4/c1-23(2)31-13-11(29-19-17(15(13)33-23)35-25(5,6)37-19)9-27-21(39)41-42-22(40)28-10-12-14-16(34-24(3,4)32-14)18-20(30-12)38-26(7,8)36-18/h11-20H,9-10H2,1-8H3/t11-,12+,13-,14-,15+,16-,17-,18-,19+,20+/m1/s1.